The molecule has 0 aliphatic heterocycles. The molecule has 1 aromatic rings. The second-order valence-electron chi connectivity index (χ2n) is 3.66. The van der Waals surface area contributed by atoms with E-state index in [9.17, 15) is 4.79 Å². The second-order valence-corrected chi connectivity index (χ2v) is 3.66. The van der Waals surface area contributed by atoms with E-state index in [1.165, 1.54) is 14.0 Å². The quantitative estimate of drug-likeness (QED) is 0.623. The first kappa shape index (κ1) is 13.8. The number of hydrogen-bond donors (Lipinski definition) is 2. The third kappa shape index (κ3) is 2.88. The first-order chi connectivity index (χ1) is 8.51. The number of carbonyl (C=O) groups is 1. The molecular formula is C13H16N2O3. The number of hydrogen-bond acceptors (Lipinski definition) is 4. The highest BCUT2D eigenvalue weighted by atomic mass is 16.5. The number of nitrogens with two attached hydrogens (primary N) is 1. The van der Waals surface area contributed by atoms with E-state index in [0.717, 1.165) is 0 Å². The molecule has 0 unspecified atom stereocenters. The minimum Gasteiger partial charge on any atom is -0.497 e. The maximum Gasteiger partial charge on any atom is 0.339 e. The van der Waals surface area contributed by atoms with Crippen molar-refractivity contribution in [1.29, 1.82) is 0 Å². The molecule has 1 rings (SSSR count). The van der Waals surface area contributed by atoms with Crippen molar-refractivity contribution in [3.63, 3.8) is 0 Å². The highest BCUT2D eigenvalue weighted by molar-refractivity contribution is 6.26. The van der Waals surface area contributed by atoms with Crippen molar-refractivity contribution in [2.75, 3.05) is 14.2 Å². The van der Waals surface area contributed by atoms with E-state index in [4.69, 9.17) is 15.6 Å². The van der Waals surface area contributed by atoms with E-state index in [1.807, 2.05) is 0 Å². The number of benzene rings is 1. The summed E-state index contributed by atoms with van der Waals surface area (Å²) in [4.78, 5) is 15.2. The third-order valence-electron chi connectivity index (χ3n) is 2.43. The molecule has 0 aliphatic rings. The molecule has 0 aliphatic carbocycles. The third-order valence-corrected chi connectivity index (χ3v) is 2.43. The lowest BCUT2D eigenvalue weighted by Gasteiger charge is -2.09. The summed E-state index contributed by atoms with van der Waals surface area (Å²) in [5.41, 5.74) is 6.87. The SMILES string of the molecule is CN=C(C(C(=O)O)=C(C)N)c1ccc(OC)cc1. The molecule has 0 aromatic heterocycles. The van der Waals surface area contributed by atoms with Gasteiger partial charge >= 0.3 is 5.97 Å². The highest BCUT2D eigenvalue weighted by Crippen LogP contribution is 2.16. The van der Waals surface area contributed by atoms with Crippen LogP contribution in [0.25, 0.3) is 0 Å². The number of aliphatic carboxylic acids is 1. The first-order valence-corrected chi connectivity index (χ1v) is 5.32. The van der Waals surface area contributed by atoms with Crippen molar-refractivity contribution in [1.82, 2.24) is 0 Å². The number of carboxylic acid groups (broad SMARTS) is 1. The van der Waals surface area contributed by atoms with Crippen molar-refractivity contribution in [2.45, 2.75) is 6.92 Å². The summed E-state index contributed by atoms with van der Waals surface area (Å²) < 4.78 is 5.05. The summed E-state index contributed by atoms with van der Waals surface area (Å²) in [6.07, 6.45) is 0. The standard InChI is InChI=1S/C13H16N2O3/c1-8(14)11(13(16)17)12(15-2)9-4-6-10(18-3)7-5-9/h4-7H,14H2,1-3H3,(H,16,17). The van der Waals surface area contributed by atoms with Crippen LogP contribution >= 0.6 is 0 Å². The van der Waals surface area contributed by atoms with Crippen LogP contribution in [0.15, 0.2) is 40.5 Å². The molecule has 0 bridgehead atoms. The summed E-state index contributed by atoms with van der Waals surface area (Å²) in [6, 6.07) is 6.97. The van der Waals surface area contributed by atoms with Crippen LogP contribution in [-0.2, 0) is 4.79 Å². The van der Waals surface area contributed by atoms with Crippen LogP contribution in [0.3, 0.4) is 0 Å². The second kappa shape index (κ2) is 5.86. The van der Waals surface area contributed by atoms with E-state index in [-0.39, 0.29) is 11.3 Å². The Balaban J connectivity index is 3.26. The molecule has 0 atom stereocenters. The summed E-state index contributed by atoms with van der Waals surface area (Å²) in [5.74, 6) is -0.397. The molecule has 5 nitrogen and oxygen atoms in total. The summed E-state index contributed by atoms with van der Waals surface area (Å²) >= 11 is 0. The van der Waals surface area contributed by atoms with Gasteiger partial charge in [-0.2, -0.15) is 0 Å². The topological polar surface area (TPSA) is 84.9 Å². The molecule has 0 saturated heterocycles. The van der Waals surface area contributed by atoms with Crippen molar-refractivity contribution in [3.8, 4) is 5.75 Å². The normalized spacial score (nSPS) is 12.9. The number of methoxy groups -OCH3 is 1. The lowest BCUT2D eigenvalue weighted by Crippen LogP contribution is -2.18. The fraction of sp³-hybridized carbons (Fsp3) is 0.231. The molecule has 0 radical (unpaired) electrons. The van der Waals surface area contributed by atoms with E-state index in [2.05, 4.69) is 4.99 Å². The van der Waals surface area contributed by atoms with Crippen LogP contribution in [0.2, 0.25) is 0 Å². The maximum absolute atomic E-state index is 11.2. The fourth-order valence-corrected chi connectivity index (χ4v) is 1.59. The van der Waals surface area contributed by atoms with Crippen molar-refractivity contribution in [2.24, 2.45) is 10.7 Å². The molecule has 3 N–H and O–H groups in total. The van der Waals surface area contributed by atoms with Gasteiger partial charge in [-0.1, -0.05) is 0 Å². The van der Waals surface area contributed by atoms with Gasteiger partial charge in [-0.3, -0.25) is 4.99 Å². The molecule has 0 amide bonds. The molecule has 1 aromatic carbocycles. The van der Waals surface area contributed by atoms with Gasteiger partial charge in [0.25, 0.3) is 0 Å². The van der Waals surface area contributed by atoms with Crippen LogP contribution < -0.4 is 10.5 Å². The molecule has 0 spiro atoms. The predicted molar refractivity (Wildman–Crippen MR) is 70.0 cm³/mol. The lowest BCUT2D eigenvalue weighted by atomic mass is 10.0. The van der Waals surface area contributed by atoms with Crippen LogP contribution in [0, 0.1) is 0 Å². The molecule has 0 saturated carbocycles. The zero-order valence-electron chi connectivity index (χ0n) is 10.6. The number of rotatable bonds is 4. The zero-order valence-corrected chi connectivity index (χ0v) is 10.6. The molecular weight excluding hydrogens is 232 g/mol. The largest absolute Gasteiger partial charge is 0.497 e. The van der Waals surface area contributed by atoms with Crippen molar-refractivity contribution < 1.29 is 14.6 Å². The van der Waals surface area contributed by atoms with Crippen molar-refractivity contribution in [3.05, 3.63) is 41.1 Å². The predicted octanol–water partition coefficient (Wildman–Crippen LogP) is 1.43. The van der Waals surface area contributed by atoms with Crippen LogP contribution in [0.1, 0.15) is 12.5 Å². The van der Waals surface area contributed by atoms with Crippen LogP contribution in [0.5, 0.6) is 5.75 Å². The highest BCUT2D eigenvalue weighted by Gasteiger charge is 2.18. The molecule has 0 fully saturated rings. The molecule has 5 heteroatoms. The van der Waals surface area contributed by atoms with Gasteiger partial charge in [-0.25, -0.2) is 4.79 Å². The molecule has 18 heavy (non-hydrogen) atoms. The van der Waals surface area contributed by atoms with Gasteiger partial charge < -0.3 is 15.6 Å². The van der Waals surface area contributed by atoms with Gasteiger partial charge in [0.2, 0.25) is 0 Å². The Labute approximate surface area is 106 Å². The average Bonchev–Trinajstić information content (AvgIpc) is 2.35. The van der Waals surface area contributed by atoms with Gasteiger partial charge in [-0.05, 0) is 31.2 Å². The van der Waals surface area contributed by atoms with Gasteiger partial charge in [0.05, 0.1) is 12.8 Å². The minimum absolute atomic E-state index is 0.0164. The zero-order chi connectivity index (χ0) is 13.7. The fourth-order valence-electron chi connectivity index (χ4n) is 1.59. The van der Waals surface area contributed by atoms with Crippen molar-refractivity contribution >= 4 is 11.7 Å². The Bertz CT molecular complexity index is 497. The summed E-state index contributed by atoms with van der Waals surface area (Å²) in [6.45, 7) is 1.54. The van der Waals surface area contributed by atoms with Gasteiger partial charge in [0.1, 0.15) is 11.3 Å². The van der Waals surface area contributed by atoms with Gasteiger partial charge in [0.15, 0.2) is 0 Å². The molecule has 96 valence electrons. The number of carboxylic acids is 1. The van der Waals surface area contributed by atoms with Crippen LogP contribution in [-0.4, -0.2) is 30.9 Å². The van der Waals surface area contributed by atoms with Crippen LogP contribution in [0.4, 0.5) is 0 Å². The van der Waals surface area contributed by atoms with E-state index < -0.39 is 5.97 Å². The average molecular weight is 248 g/mol. The van der Waals surface area contributed by atoms with Gasteiger partial charge in [-0.15, -0.1) is 0 Å². The van der Waals surface area contributed by atoms with E-state index in [1.54, 1.807) is 31.4 Å². The summed E-state index contributed by atoms with van der Waals surface area (Å²) in [5, 5.41) is 9.16. The Morgan fingerprint density at radius 2 is 1.89 bits per heavy atom. The smallest absolute Gasteiger partial charge is 0.339 e. The lowest BCUT2D eigenvalue weighted by molar-refractivity contribution is -0.132. The number of ether oxygens (including phenoxy) is 1. The maximum atomic E-state index is 11.2. The number of aliphatic imine (C=N–C) groups is 1. The Hall–Kier alpha value is -2.30. The molecule has 0 heterocycles. The van der Waals surface area contributed by atoms with E-state index in [0.29, 0.717) is 17.0 Å². The number of allylic oxidation sites excluding steroid dienone is 1. The minimum atomic E-state index is -1.09. The Morgan fingerprint density at radius 1 is 1.33 bits per heavy atom. The van der Waals surface area contributed by atoms with E-state index >= 15 is 0 Å². The number of nitrogens with zero attached hydrogens (tertiary/aromatic N) is 1. The van der Waals surface area contributed by atoms with Gasteiger partial charge in [0, 0.05) is 18.3 Å². The Kier molecular flexibility index (Phi) is 4.48. The first-order valence-electron chi connectivity index (χ1n) is 5.32. The Morgan fingerprint density at radius 3 is 2.22 bits per heavy atom. The monoisotopic (exact) mass is 248 g/mol. The summed E-state index contributed by atoms with van der Waals surface area (Å²) in [7, 11) is 3.10.